The summed E-state index contributed by atoms with van der Waals surface area (Å²) in [4.78, 5) is 3.95. The summed E-state index contributed by atoms with van der Waals surface area (Å²) in [6.07, 6.45) is 3.18. The molecular weight excluding hydrogens is 308 g/mol. The largest absolute Gasteiger partial charge is 0.455 e. The molecule has 0 aliphatic carbocycles. The molecule has 0 unspecified atom stereocenters. The van der Waals surface area contributed by atoms with Gasteiger partial charge < -0.3 is 4.74 Å². The minimum atomic E-state index is -0.370. The molecule has 0 saturated heterocycles. The van der Waals surface area contributed by atoms with Gasteiger partial charge in [0.15, 0.2) is 0 Å². The van der Waals surface area contributed by atoms with Crippen LogP contribution in [-0.2, 0) is 5.88 Å². The third kappa shape index (κ3) is 3.17. The molecule has 0 aliphatic rings. The second-order valence-corrected chi connectivity index (χ2v) is 4.51. The van der Waals surface area contributed by atoms with Crippen LogP contribution in [0.2, 0.25) is 0 Å². The second kappa shape index (κ2) is 5.47. The van der Waals surface area contributed by atoms with E-state index in [9.17, 15) is 4.39 Å². The maximum Gasteiger partial charge on any atom is 0.150 e. The standard InChI is InChI=1S/C12H8BrClFNO/c13-9-3-10(15)5-11(4-9)17-12-7-16-2-1-8(12)6-14/h1-5,7H,6H2. The Morgan fingerprint density at radius 1 is 1.35 bits per heavy atom. The van der Waals surface area contributed by atoms with Crippen LogP contribution in [0.1, 0.15) is 5.56 Å². The average molecular weight is 317 g/mol. The summed E-state index contributed by atoms with van der Waals surface area (Å²) >= 11 is 8.97. The zero-order valence-electron chi connectivity index (χ0n) is 8.66. The predicted molar refractivity (Wildman–Crippen MR) is 68.0 cm³/mol. The third-order valence-corrected chi connectivity index (χ3v) is 2.82. The first kappa shape index (κ1) is 12.3. The molecule has 0 spiro atoms. The van der Waals surface area contributed by atoms with E-state index in [0.717, 1.165) is 5.56 Å². The van der Waals surface area contributed by atoms with Gasteiger partial charge in [-0.1, -0.05) is 15.9 Å². The van der Waals surface area contributed by atoms with Crippen LogP contribution in [0.3, 0.4) is 0 Å². The maximum absolute atomic E-state index is 13.2. The summed E-state index contributed by atoms with van der Waals surface area (Å²) in [5.41, 5.74) is 0.807. The Morgan fingerprint density at radius 3 is 2.88 bits per heavy atom. The highest BCUT2D eigenvalue weighted by Crippen LogP contribution is 2.28. The fourth-order valence-corrected chi connectivity index (χ4v) is 1.99. The molecule has 17 heavy (non-hydrogen) atoms. The van der Waals surface area contributed by atoms with Gasteiger partial charge in [-0.3, -0.25) is 4.98 Å². The van der Waals surface area contributed by atoms with E-state index in [0.29, 0.717) is 21.9 Å². The van der Waals surface area contributed by atoms with Gasteiger partial charge in [0.25, 0.3) is 0 Å². The second-order valence-electron chi connectivity index (χ2n) is 3.32. The molecule has 2 rings (SSSR count). The number of ether oxygens (including phenoxy) is 1. The monoisotopic (exact) mass is 315 g/mol. The van der Waals surface area contributed by atoms with Crippen LogP contribution in [0.15, 0.2) is 41.1 Å². The molecule has 0 N–H and O–H groups in total. The number of nitrogens with zero attached hydrogens (tertiary/aromatic N) is 1. The Labute approximate surface area is 112 Å². The van der Waals surface area contributed by atoms with Gasteiger partial charge in [0.1, 0.15) is 17.3 Å². The van der Waals surface area contributed by atoms with Gasteiger partial charge in [-0.2, -0.15) is 0 Å². The molecular formula is C12H8BrClFNO. The van der Waals surface area contributed by atoms with Crippen molar-refractivity contribution in [1.29, 1.82) is 0 Å². The molecule has 0 atom stereocenters. The minimum absolute atomic E-state index is 0.314. The number of aromatic nitrogens is 1. The highest BCUT2D eigenvalue weighted by atomic mass is 79.9. The number of hydrogen-bond donors (Lipinski definition) is 0. The van der Waals surface area contributed by atoms with E-state index in [-0.39, 0.29) is 5.82 Å². The highest BCUT2D eigenvalue weighted by molar-refractivity contribution is 9.10. The lowest BCUT2D eigenvalue weighted by Crippen LogP contribution is -1.91. The summed E-state index contributed by atoms with van der Waals surface area (Å²) in [6.45, 7) is 0. The predicted octanol–water partition coefficient (Wildman–Crippen LogP) is 4.51. The Hall–Kier alpha value is -1.13. The first-order valence-corrected chi connectivity index (χ1v) is 6.14. The number of rotatable bonds is 3. The number of hydrogen-bond acceptors (Lipinski definition) is 2. The van der Waals surface area contributed by atoms with Gasteiger partial charge in [0.2, 0.25) is 0 Å². The number of halogens is 3. The van der Waals surface area contributed by atoms with E-state index in [1.807, 2.05) is 0 Å². The average Bonchev–Trinajstić information content (AvgIpc) is 2.28. The molecule has 0 fully saturated rings. The van der Waals surface area contributed by atoms with Crippen LogP contribution in [0.5, 0.6) is 11.5 Å². The van der Waals surface area contributed by atoms with Gasteiger partial charge in [-0.15, -0.1) is 11.6 Å². The molecule has 0 aliphatic heterocycles. The van der Waals surface area contributed by atoms with Crippen LogP contribution in [0.4, 0.5) is 4.39 Å². The molecule has 1 heterocycles. The molecule has 1 aromatic heterocycles. The smallest absolute Gasteiger partial charge is 0.150 e. The van der Waals surface area contributed by atoms with Crippen LogP contribution >= 0.6 is 27.5 Å². The van der Waals surface area contributed by atoms with E-state index in [4.69, 9.17) is 16.3 Å². The summed E-state index contributed by atoms with van der Waals surface area (Å²) in [5, 5.41) is 0. The lowest BCUT2D eigenvalue weighted by Gasteiger charge is -2.09. The topological polar surface area (TPSA) is 22.1 Å². The van der Waals surface area contributed by atoms with Crippen LogP contribution in [0, 0.1) is 5.82 Å². The molecule has 1 aromatic carbocycles. The minimum Gasteiger partial charge on any atom is -0.455 e. The lowest BCUT2D eigenvalue weighted by molar-refractivity contribution is 0.470. The number of benzene rings is 1. The van der Waals surface area contributed by atoms with Crippen molar-refractivity contribution in [2.75, 3.05) is 0 Å². The van der Waals surface area contributed by atoms with Gasteiger partial charge >= 0.3 is 0 Å². The van der Waals surface area contributed by atoms with Crippen molar-refractivity contribution in [3.63, 3.8) is 0 Å². The molecule has 0 amide bonds. The Morgan fingerprint density at radius 2 is 2.18 bits per heavy atom. The Kier molecular flexibility index (Phi) is 3.97. The number of alkyl halides is 1. The lowest BCUT2D eigenvalue weighted by atomic mass is 10.3. The van der Waals surface area contributed by atoms with E-state index in [2.05, 4.69) is 20.9 Å². The van der Waals surface area contributed by atoms with Crippen molar-refractivity contribution in [1.82, 2.24) is 4.98 Å². The molecule has 2 aromatic rings. The van der Waals surface area contributed by atoms with Crippen molar-refractivity contribution < 1.29 is 9.13 Å². The molecule has 0 radical (unpaired) electrons. The van der Waals surface area contributed by atoms with E-state index in [1.54, 1.807) is 24.5 Å². The first-order valence-electron chi connectivity index (χ1n) is 4.82. The van der Waals surface area contributed by atoms with Crippen LogP contribution in [0.25, 0.3) is 0 Å². The SMILES string of the molecule is Fc1cc(Br)cc(Oc2cnccc2CCl)c1. The zero-order chi connectivity index (χ0) is 12.3. The fraction of sp³-hybridized carbons (Fsp3) is 0.0833. The van der Waals surface area contributed by atoms with Crippen molar-refractivity contribution in [2.24, 2.45) is 0 Å². The molecule has 5 heteroatoms. The van der Waals surface area contributed by atoms with Crippen LogP contribution in [-0.4, -0.2) is 4.98 Å². The Balaban J connectivity index is 2.31. The van der Waals surface area contributed by atoms with Crippen LogP contribution < -0.4 is 4.74 Å². The van der Waals surface area contributed by atoms with Crippen molar-refractivity contribution >= 4 is 27.5 Å². The van der Waals surface area contributed by atoms with Gasteiger partial charge in [-0.05, 0) is 18.2 Å². The van der Waals surface area contributed by atoms with Gasteiger partial charge in [0, 0.05) is 22.3 Å². The van der Waals surface area contributed by atoms with E-state index >= 15 is 0 Å². The summed E-state index contributed by atoms with van der Waals surface area (Å²) in [6, 6.07) is 6.10. The first-order chi connectivity index (χ1) is 8.19. The molecule has 0 bridgehead atoms. The maximum atomic E-state index is 13.2. The van der Waals surface area contributed by atoms with E-state index < -0.39 is 0 Å². The fourth-order valence-electron chi connectivity index (χ4n) is 1.33. The molecule has 2 nitrogen and oxygen atoms in total. The normalized spacial score (nSPS) is 10.3. The summed E-state index contributed by atoms with van der Waals surface area (Å²) < 4.78 is 19.3. The van der Waals surface area contributed by atoms with Gasteiger partial charge in [0.05, 0.1) is 12.1 Å². The van der Waals surface area contributed by atoms with Crippen molar-refractivity contribution in [3.8, 4) is 11.5 Å². The third-order valence-electron chi connectivity index (χ3n) is 2.08. The van der Waals surface area contributed by atoms with Crippen molar-refractivity contribution in [2.45, 2.75) is 5.88 Å². The highest BCUT2D eigenvalue weighted by Gasteiger charge is 2.06. The molecule has 0 saturated carbocycles. The zero-order valence-corrected chi connectivity index (χ0v) is 11.0. The molecule has 88 valence electrons. The van der Waals surface area contributed by atoms with Crippen molar-refractivity contribution in [3.05, 3.63) is 52.5 Å². The summed E-state index contributed by atoms with van der Waals surface area (Å²) in [5.74, 6) is 0.871. The quantitative estimate of drug-likeness (QED) is 0.777. The van der Waals surface area contributed by atoms with E-state index in [1.165, 1.54) is 12.1 Å². The Bertz CT molecular complexity index is 515. The van der Waals surface area contributed by atoms with Gasteiger partial charge in [-0.25, -0.2) is 4.39 Å². The summed E-state index contributed by atoms with van der Waals surface area (Å²) in [7, 11) is 0. The number of pyridine rings is 1.